The lowest BCUT2D eigenvalue weighted by molar-refractivity contribution is 0.445. The quantitative estimate of drug-likeness (QED) is 0.381. The van der Waals surface area contributed by atoms with Gasteiger partial charge in [0.05, 0.1) is 12.3 Å². The molecule has 0 unspecified atom stereocenters. The van der Waals surface area contributed by atoms with E-state index in [0.717, 1.165) is 18.5 Å². The Kier molecular flexibility index (Phi) is 8.99. The van der Waals surface area contributed by atoms with Crippen LogP contribution in [0.5, 0.6) is 0 Å². The highest BCUT2D eigenvalue weighted by molar-refractivity contribution is 14.0. The summed E-state index contributed by atoms with van der Waals surface area (Å²) < 4.78 is 25.1. The summed E-state index contributed by atoms with van der Waals surface area (Å²) in [6, 6.07) is 8.26. The van der Waals surface area contributed by atoms with Crippen LogP contribution in [-0.2, 0) is 16.6 Å². The molecule has 0 amide bonds. The lowest BCUT2D eigenvalue weighted by Gasteiger charge is -2.16. The van der Waals surface area contributed by atoms with Crippen LogP contribution in [0.15, 0.2) is 29.3 Å². The third kappa shape index (κ3) is 6.56. The first-order chi connectivity index (χ1) is 11.0. The average molecular weight is 466 g/mol. The Morgan fingerprint density at radius 2 is 2.12 bits per heavy atom. The summed E-state index contributed by atoms with van der Waals surface area (Å²) in [5, 5.41) is 6.39. The predicted octanol–water partition coefficient (Wildman–Crippen LogP) is 1.70. The van der Waals surface area contributed by atoms with Gasteiger partial charge in [0.2, 0.25) is 10.0 Å². The molecule has 1 aliphatic heterocycles. The number of hydrogen-bond acceptors (Lipinski definition) is 3. The van der Waals surface area contributed by atoms with Crippen LogP contribution in [0.1, 0.15) is 24.5 Å². The Hall–Kier alpha value is -0.870. The van der Waals surface area contributed by atoms with Crippen molar-refractivity contribution in [2.24, 2.45) is 4.99 Å². The van der Waals surface area contributed by atoms with Crippen molar-refractivity contribution in [2.45, 2.75) is 26.8 Å². The zero-order chi connectivity index (χ0) is 16.7. The first kappa shape index (κ1) is 21.2. The lowest BCUT2D eigenvalue weighted by atomic mass is 10.1. The zero-order valence-corrected chi connectivity index (χ0v) is 17.4. The van der Waals surface area contributed by atoms with Crippen LogP contribution in [0, 0.1) is 6.92 Å². The number of halogens is 1. The molecule has 1 aliphatic rings. The summed E-state index contributed by atoms with van der Waals surface area (Å²) in [5.74, 6) is 0.986. The van der Waals surface area contributed by atoms with Gasteiger partial charge in [-0.2, -0.15) is 0 Å². The molecule has 1 heterocycles. The highest BCUT2D eigenvalue weighted by Gasteiger charge is 2.27. The third-order valence-corrected chi connectivity index (χ3v) is 5.66. The Morgan fingerprint density at radius 3 is 2.75 bits per heavy atom. The van der Waals surface area contributed by atoms with E-state index >= 15 is 0 Å². The van der Waals surface area contributed by atoms with E-state index in [0.29, 0.717) is 32.1 Å². The number of guanidine groups is 1. The van der Waals surface area contributed by atoms with E-state index in [1.807, 2.05) is 13.0 Å². The van der Waals surface area contributed by atoms with E-state index in [-0.39, 0.29) is 29.7 Å². The van der Waals surface area contributed by atoms with E-state index < -0.39 is 10.0 Å². The van der Waals surface area contributed by atoms with Gasteiger partial charge in [0.15, 0.2) is 5.96 Å². The Morgan fingerprint density at radius 1 is 1.33 bits per heavy atom. The van der Waals surface area contributed by atoms with Gasteiger partial charge in [-0.05, 0) is 25.8 Å². The highest BCUT2D eigenvalue weighted by atomic mass is 127. The molecule has 2 N–H and O–H groups in total. The van der Waals surface area contributed by atoms with Crippen LogP contribution < -0.4 is 10.6 Å². The lowest BCUT2D eigenvalue weighted by Crippen LogP contribution is -2.42. The third-order valence-electron chi connectivity index (χ3n) is 3.70. The number of nitrogens with zero attached hydrogens (tertiary/aromatic N) is 2. The molecular formula is C16H27IN4O2S. The number of aliphatic imine (C=N–C) groups is 1. The smallest absolute Gasteiger partial charge is 0.214 e. The molecule has 0 spiro atoms. The Bertz CT molecular complexity index is 649. The van der Waals surface area contributed by atoms with Gasteiger partial charge in [0.1, 0.15) is 0 Å². The monoisotopic (exact) mass is 466 g/mol. The minimum atomic E-state index is -3.02. The SMILES string of the molecule is CCNC(=NCc1cccc(C)c1)NCCN1CCCS1(=O)=O.I. The van der Waals surface area contributed by atoms with E-state index in [4.69, 9.17) is 0 Å². The molecule has 0 aliphatic carbocycles. The molecule has 0 saturated carbocycles. The van der Waals surface area contributed by atoms with Crippen LogP contribution in [0.4, 0.5) is 0 Å². The van der Waals surface area contributed by atoms with E-state index in [2.05, 4.69) is 40.7 Å². The first-order valence-corrected chi connectivity index (χ1v) is 9.68. The molecule has 2 rings (SSSR count). The van der Waals surface area contributed by atoms with Gasteiger partial charge < -0.3 is 10.6 Å². The molecule has 136 valence electrons. The second-order valence-electron chi connectivity index (χ2n) is 5.68. The van der Waals surface area contributed by atoms with Gasteiger partial charge in [0.25, 0.3) is 0 Å². The van der Waals surface area contributed by atoms with Gasteiger partial charge in [-0.3, -0.25) is 0 Å². The summed E-state index contributed by atoms with van der Waals surface area (Å²) in [6.45, 7) is 7.10. The van der Waals surface area contributed by atoms with Gasteiger partial charge in [-0.1, -0.05) is 29.8 Å². The van der Waals surface area contributed by atoms with Gasteiger partial charge in [-0.15, -0.1) is 24.0 Å². The summed E-state index contributed by atoms with van der Waals surface area (Å²) in [7, 11) is -3.02. The molecule has 1 aromatic carbocycles. The van der Waals surface area contributed by atoms with Crippen molar-refractivity contribution in [3.05, 3.63) is 35.4 Å². The number of rotatable bonds is 6. The number of sulfonamides is 1. The molecule has 0 aromatic heterocycles. The second-order valence-corrected chi connectivity index (χ2v) is 7.77. The maximum Gasteiger partial charge on any atom is 0.214 e. The fourth-order valence-electron chi connectivity index (χ4n) is 2.56. The van der Waals surface area contributed by atoms with Crippen molar-refractivity contribution in [2.75, 3.05) is 31.9 Å². The minimum absolute atomic E-state index is 0. The summed E-state index contributed by atoms with van der Waals surface area (Å²) in [6.07, 6.45) is 0.726. The molecule has 24 heavy (non-hydrogen) atoms. The van der Waals surface area contributed by atoms with Crippen molar-refractivity contribution < 1.29 is 8.42 Å². The minimum Gasteiger partial charge on any atom is -0.357 e. The standard InChI is InChI=1S/C16H26N4O2S.HI/c1-3-17-16(19-13-15-7-4-6-14(2)12-15)18-8-10-20-9-5-11-23(20,21)22;/h4,6-7,12H,3,5,8-11,13H2,1-2H3,(H2,17,18,19);1H. The maximum absolute atomic E-state index is 11.8. The Balaban J connectivity index is 0.00000288. The number of hydrogen-bond donors (Lipinski definition) is 2. The largest absolute Gasteiger partial charge is 0.357 e. The normalized spacial score (nSPS) is 17.3. The second kappa shape index (κ2) is 10.2. The highest BCUT2D eigenvalue weighted by Crippen LogP contribution is 2.11. The molecule has 1 aromatic rings. The molecule has 0 atom stereocenters. The van der Waals surface area contributed by atoms with E-state index in [1.165, 1.54) is 5.56 Å². The van der Waals surface area contributed by atoms with Crippen LogP contribution in [-0.4, -0.2) is 50.6 Å². The Labute approximate surface area is 162 Å². The molecular weight excluding hydrogens is 439 g/mol. The summed E-state index contributed by atoms with van der Waals surface area (Å²) in [4.78, 5) is 4.55. The van der Waals surface area contributed by atoms with Crippen molar-refractivity contribution in [1.82, 2.24) is 14.9 Å². The first-order valence-electron chi connectivity index (χ1n) is 8.07. The molecule has 1 saturated heterocycles. The topological polar surface area (TPSA) is 73.8 Å². The molecule has 1 fully saturated rings. The van der Waals surface area contributed by atoms with Crippen molar-refractivity contribution in [1.29, 1.82) is 0 Å². The van der Waals surface area contributed by atoms with Crippen LogP contribution in [0.25, 0.3) is 0 Å². The number of aryl methyl sites for hydroxylation is 1. The van der Waals surface area contributed by atoms with Gasteiger partial charge in [0, 0.05) is 26.2 Å². The summed E-state index contributed by atoms with van der Waals surface area (Å²) >= 11 is 0. The zero-order valence-electron chi connectivity index (χ0n) is 14.3. The van der Waals surface area contributed by atoms with Crippen LogP contribution >= 0.6 is 24.0 Å². The fraction of sp³-hybridized carbons (Fsp3) is 0.562. The van der Waals surface area contributed by atoms with Crippen molar-refractivity contribution in [3.8, 4) is 0 Å². The van der Waals surface area contributed by atoms with Crippen molar-refractivity contribution in [3.63, 3.8) is 0 Å². The van der Waals surface area contributed by atoms with Gasteiger partial charge in [-0.25, -0.2) is 17.7 Å². The number of nitrogens with one attached hydrogen (secondary N) is 2. The van der Waals surface area contributed by atoms with E-state index in [9.17, 15) is 8.42 Å². The van der Waals surface area contributed by atoms with E-state index in [1.54, 1.807) is 4.31 Å². The van der Waals surface area contributed by atoms with Crippen molar-refractivity contribution >= 4 is 40.0 Å². The predicted molar refractivity (Wildman–Crippen MR) is 109 cm³/mol. The van der Waals surface area contributed by atoms with Crippen LogP contribution in [0.2, 0.25) is 0 Å². The van der Waals surface area contributed by atoms with Gasteiger partial charge >= 0.3 is 0 Å². The number of benzene rings is 1. The average Bonchev–Trinajstić information content (AvgIpc) is 2.84. The molecule has 0 radical (unpaired) electrons. The fourth-order valence-corrected chi connectivity index (χ4v) is 4.09. The molecule has 6 nitrogen and oxygen atoms in total. The summed E-state index contributed by atoms with van der Waals surface area (Å²) in [5.41, 5.74) is 2.37. The molecule has 8 heteroatoms. The maximum atomic E-state index is 11.8. The molecule has 0 bridgehead atoms. The van der Waals surface area contributed by atoms with Crippen LogP contribution in [0.3, 0.4) is 0 Å².